The fourth-order valence-corrected chi connectivity index (χ4v) is 1.15. The van der Waals surface area contributed by atoms with E-state index in [2.05, 4.69) is 5.32 Å². The van der Waals surface area contributed by atoms with Crippen molar-refractivity contribution in [2.45, 2.75) is 26.7 Å². The van der Waals surface area contributed by atoms with Gasteiger partial charge in [-0.05, 0) is 25.0 Å². The van der Waals surface area contributed by atoms with Gasteiger partial charge in [-0.25, -0.2) is 0 Å². The molecule has 2 heteroatoms. The van der Waals surface area contributed by atoms with Gasteiger partial charge in [-0.1, -0.05) is 25.1 Å². The number of amides is 1. The SMILES string of the molecule is CCCC(=O)Nc1ccccc1C. The molecule has 1 rings (SSSR count). The fourth-order valence-electron chi connectivity index (χ4n) is 1.15. The Morgan fingerprint density at radius 3 is 2.69 bits per heavy atom. The summed E-state index contributed by atoms with van der Waals surface area (Å²) in [5.41, 5.74) is 2.02. The predicted molar refractivity (Wildman–Crippen MR) is 54.7 cm³/mol. The highest BCUT2D eigenvalue weighted by Gasteiger charge is 2.01. The highest BCUT2D eigenvalue weighted by atomic mass is 16.1. The van der Waals surface area contributed by atoms with Gasteiger partial charge in [0.25, 0.3) is 0 Å². The first-order valence-corrected chi connectivity index (χ1v) is 4.59. The van der Waals surface area contributed by atoms with E-state index in [-0.39, 0.29) is 5.91 Å². The van der Waals surface area contributed by atoms with E-state index in [0.717, 1.165) is 17.7 Å². The molecule has 13 heavy (non-hydrogen) atoms. The minimum atomic E-state index is 0.0943. The Bertz CT molecular complexity index is 294. The van der Waals surface area contributed by atoms with Gasteiger partial charge in [0.05, 0.1) is 0 Å². The lowest BCUT2D eigenvalue weighted by molar-refractivity contribution is -0.116. The van der Waals surface area contributed by atoms with Crippen LogP contribution in [0.4, 0.5) is 5.69 Å². The van der Waals surface area contributed by atoms with Crippen LogP contribution in [0, 0.1) is 6.92 Å². The molecule has 1 N–H and O–H groups in total. The van der Waals surface area contributed by atoms with E-state index in [4.69, 9.17) is 0 Å². The minimum absolute atomic E-state index is 0.0943. The van der Waals surface area contributed by atoms with Crippen molar-refractivity contribution in [2.75, 3.05) is 5.32 Å². The molecule has 0 aliphatic heterocycles. The topological polar surface area (TPSA) is 29.1 Å². The van der Waals surface area contributed by atoms with Crippen molar-refractivity contribution in [3.8, 4) is 0 Å². The fraction of sp³-hybridized carbons (Fsp3) is 0.364. The molecule has 0 aromatic heterocycles. The molecule has 70 valence electrons. The first-order chi connectivity index (χ1) is 6.24. The van der Waals surface area contributed by atoms with Crippen molar-refractivity contribution >= 4 is 11.6 Å². The first-order valence-electron chi connectivity index (χ1n) is 4.59. The van der Waals surface area contributed by atoms with Crippen LogP contribution in [0.2, 0.25) is 0 Å². The van der Waals surface area contributed by atoms with Gasteiger partial charge in [0.1, 0.15) is 0 Å². The Kier molecular flexibility index (Phi) is 3.50. The summed E-state index contributed by atoms with van der Waals surface area (Å²) in [6.45, 7) is 3.99. The van der Waals surface area contributed by atoms with Crippen LogP contribution >= 0.6 is 0 Å². The number of nitrogens with one attached hydrogen (secondary N) is 1. The summed E-state index contributed by atoms with van der Waals surface area (Å²) in [7, 11) is 0. The molecule has 0 aliphatic rings. The van der Waals surface area contributed by atoms with Gasteiger partial charge in [-0.15, -0.1) is 0 Å². The van der Waals surface area contributed by atoms with Crippen LogP contribution in [0.25, 0.3) is 0 Å². The van der Waals surface area contributed by atoms with E-state index in [1.807, 2.05) is 38.1 Å². The summed E-state index contributed by atoms with van der Waals surface area (Å²) in [6, 6.07) is 7.80. The van der Waals surface area contributed by atoms with Crippen molar-refractivity contribution in [1.82, 2.24) is 0 Å². The zero-order chi connectivity index (χ0) is 9.68. The highest BCUT2D eigenvalue weighted by Crippen LogP contribution is 2.13. The number of aryl methyl sites for hydroxylation is 1. The Hall–Kier alpha value is -1.31. The van der Waals surface area contributed by atoms with Gasteiger partial charge in [0, 0.05) is 12.1 Å². The quantitative estimate of drug-likeness (QED) is 0.755. The van der Waals surface area contributed by atoms with Gasteiger partial charge in [-0.3, -0.25) is 4.79 Å². The second-order valence-electron chi connectivity index (χ2n) is 3.11. The summed E-state index contributed by atoms with van der Waals surface area (Å²) in [4.78, 5) is 11.3. The number of para-hydroxylation sites is 1. The molecule has 0 aliphatic carbocycles. The van der Waals surface area contributed by atoms with E-state index in [1.54, 1.807) is 0 Å². The summed E-state index contributed by atoms with van der Waals surface area (Å²) in [5.74, 6) is 0.0943. The number of carbonyl (C=O) groups is 1. The summed E-state index contributed by atoms with van der Waals surface area (Å²) in [6.07, 6.45) is 1.48. The number of carbonyl (C=O) groups excluding carboxylic acids is 1. The number of benzene rings is 1. The number of anilines is 1. The smallest absolute Gasteiger partial charge is 0.224 e. The standard InChI is InChI=1S/C11H15NO/c1-3-6-11(13)12-10-8-5-4-7-9(10)2/h4-5,7-8H,3,6H2,1-2H3,(H,12,13). The van der Waals surface area contributed by atoms with E-state index >= 15 is 0 Å². The lowest BCUT2D eigenvalue weighted by Gasteiger charge is -2.06. The lowest BCUT2D eigenvalue weighted by Crippen LogP contribution is -2.11. The summed E-state index contributed by atoms with van der Waals surface area (Å²) in [5, 5.41) is 2.87. The van der Waals surface area contributed by atoms with Crippen LogP contribution in [0.3, 0.4) is 0 Å². The maximum atomic E-state index is 11.3. The molecule has 0 atom stereocenters. The van der Waals surface area contributed by atoms with Gasteiger partial charge in [-0.2, -0.15) is 0 Å². The maximum absolute atomic E-state index is 11.3. The number of rotatable bonds is 3. The van der Waals surface area contributed by atoms with Gasteiger partial charge >= 0.3 is 0 Å². The molecule has 0 saturated carbocycles. The molecule has 0 fully saturated rings. The Labute approximate surface area is 79.0 Å². The number of hydrogen-bond acceptors (Lipinski definition) is 1. The van der Waals surface area contributed by atoms with Crippen molar-refractivity contribution in [3.63, 3.8) is 0 Å². The van der Waals surface area contributed by atoms with Crippen molar-refractivity contribution in [2.24, 2.45) is 0 Å². The molecule has 0 bridgehead atoms. The summed E-state index contributed by atoms with van der Waals surface area (Å²) >= 11 is 0. The Morgan fingerprint density at radius 2 is 2.08 bits per heavy atom. The molecule has 1 aromatic rings. The largest absolute Gasteiger partial charge is 0.326 e. The number of hydrogen-bond donors (Lipinski definition) is 1. The van der Waals surface area contributed by atoms with Crippen LogP contribution < -0.4 is 5.32 Å². The Balaban J connectivity index is 2.63. The van der Waals surface area contributed by atoms with Gasteiger partial charge in [0.15, 0.2) is 0 Å². The van der Waals surface area contributed by atoms with Crippen molar-refractivity contribution in [1.29, 1.82) is 0 Å². The molecule has 0 spiro atoms. The third-order valence-corrected chi connectivity index (χ3v) is 1.90. The lowest BCUT2D eigenvalue weighted by atomic mass is 10.2. The molecule has 0 radical (unpaired) electrons. The van der Waals surface area contributed by atoms with Crippen molar-refractivity contribution < 1.29 is 4.79 Å². The van der Waals surface area contributed by atoms with Gasteiger partial charge < -0.3 is 5.32 Å². The molecular formula is C11H15NO. The second kappa shape index (κ2) is 4.65. The second-order valence-corrected chi connectivity index (χ2v) is 3.11. The third kappa shape index (κ3) is 2.90. The molecule has 0 saturated heterocycles. The van der Waals surface area contributed by atoms with Crippen LogP contribution in [0.1, 0.15) is 25.3 Å². The highest BCUT2D eigenvalue weighted by molar-refractivity contribution is 5.91. The average molecular weight is 177 g/mol. The average Bonchev–Trinajstić information content (AvgIpc) is 2.09. The maximum Gasteiger partial charge on any atom is 0.224 e. The first kappa shape index (κ1) is 9.78. The monoisotopic (exact) mass is 177 g/mol. The van der Waals surface area contributed by atoms with E-state index in [1.165, 1.54) is 0 Å². The normalized spacial score (nSPS) is 9.69. The molecule has 0 heterocycles. The zero-order valence-corrected chi connectivity index (χ0v) is 8.13. The van der Waals surface area contributed by atoms with E-state index in [9.17, 15) is 4.79 Å². The Morgan fingerprint density at radius 1 is 1.38 bits per heavy atom. The van der Waals surface area contributed by atoms with Crippen LogP contribution in [0.15, 0.2) is 24.3 Å². The molecule has 2 nitrogen and oxygen atoms in total. The van der Waals surface area contributed by atoms with Crippen LogP contribution in [0.5, 0.6) is 0 Å². The minimum Gasteiger partial charge on any atom is -0.326 e. The molecular weight excluding hydrogens is 162 g/mol. The zero-order valence-electron chi connectivity index (χ0n) is 8.13. The molecule has 0 unspecified atom stereocenters. The van der Waals surface area contributed by atoms with Crippen LogP contribution in [-0.2, 0) is 4.79 Å². The van der Waals surface area contributed by atoms with E-state index in [0.29, 0.717) is 6.42 Å². The third-order valence-electron chi connectivity index (χ3n) is 1.90. The molecule has 1 amide bonds. The predicted octanol–water partition coefficient (Wildman–Crippen LogP) is 2.73. The van der Waals surface area contributed by atoms with Gasteiger partial charge in [0.2, 0.25) is 5.91 Å². The summed E-state index contributed by atoms with van der Waals surface area (Å²) < 4.78 is 0. The van der Waals surface area contributed by atoms with E-state index < -0.39 is 0 Å². The van der Waals surface area contributed by atoms with Crippen LogP contribution in [-0.4, -0.2) is 5.91 Å². The van der Waals surface area contributed by atoms with Crippen molar-refractivity contribution in [3.05, 3.63) is 29.8 Å². The molecule has 1 aromatic carbocycles.